The second-order valence-electron chi connectivity index (χ2n) is 5.68. The zero-order chi connectivity index (χ0) is 12.4. The van der Waals surface area contributed by atoms with Crippen molar-refractivity contribution >= 4 is 11.3 Å². The van der Waals surface area contributed by atoms with E-state index < -0.39 is 0 Å². The largest absolute Gasteiger partial charge is 0.314 e. The third kappa shape index (κ3) is 2.60. The van der Waals surface area contributed by atoms with Crippen LogP contribution in [-0.4, -0.2) is 35.6 Å². The lowest BCUT2D eigenvalue weighted by molar-refractivity contribution is 0.116. The summed E-state index contributed by atoms with van der Waals surface area (Å²) in [5.74, 6) is 0.858. The number of nitrogens with one attached hydrogen (secondary N) is 1. The second kappa shape index (κ2) is 5.68. The molecule has 3 nitrogen and oxygen atoms in total. The lowest BCUT2D eigenvalue weighted by Gasteiger charge is -2.38. The maximum absolute atomic E-state index is 4.21. The maximum atomic E-state index is 4.21. The van der Waals surface area contributed by atoms with E-state index in [2.05, 4.69) is 22.1 Å². The summed E-state index contributed by atoms with van der Waals surface area (Å²) in [4.78, 5) is 8.28. The number of aromatic nitrogens is 1. The molecule has 1 N–H and O–H groups in total. The molecule has 0 radical (unpaired) electrons. The van der Waals surface area contributed by atoms with Crippen LogP contribution in [0.4, 0.5) is 0 Å². The number of thiazole rings is 1. The van der Waals surface area contributed by atoms with E-state index in [0.29, 0.717) is 6.04 Å². The molecule has 2 saturated heterocycles. The summed E-state index contributed by atoms with van der Waals surface area (Å²) < 4.78 is 0. The molecule has 1 aromatic rings. The van der Waals surface area contributed by atoms with E-state index in [0.717, 1.165) is 12.0 Å². The van der Waals surface area contributed by atoms with E-state index in [1.165, 1.54) is 50.2 Å². The summed E-state index contributed by atoms with van der Waals surface area (Å²) in [6, 6.07) is 1.32. The highest BCUT2D eigenvalue weighted by Crippen LogP contribution is 2.31. The highest BCUT2D eigenvalue weighted by molar-refractivity contribution is 7.09. The molecule has 2 aliphatic rings. The predicted molar refractivity (Wildman–Crippen MR) is 75.9 cm³/mol. The van der Waals surface area contributed by atoms with Gasteiger partial charge in [-0.25, -0.2) is 0 Å². The molecule has 3 rings (SSSR count). The standard InChI is InChI=1S/C14H23N3S/c1-11(14-8-15-10-18-14)17-7-3-4-12(9-17)13-5-2-6-16-13/h8,10-13,16H,2-7,9H2,1H3. The fourth-order valence-corrected chi connectivity index (χ4v) is 4.16. The second-order valence-corrected chi connectivity index (χ2v) is 6.60. The Morgan fingerprint density at radius 3 is 3.11 bits per heavy atom. The first-order chi connectivity index (χ1) is 8.84. The highest BCUT2D eigenvalue weighted by Gasteiger charge is 2.31. The van der Waals surface area contributed by atoms with Gasteiger partial charge in [0.05, 0.1) is 5.51 Å². The van der Waals surface area contributed by atoms with Crippen LogP contribution < -0.4 is 5.32 Å². The number of rotatable bonds is 3. The Morgan fingerprint density at radius 1 is 1.44 bits per heavy atom. The Hall–Kier alpha value is -0.450. The Labute approximate surface area is 114 Å². The molecule has 0 aromatic carbocycles. The lowest BCUT2D eigenvalue weighted by atomic mass is 9.89. The van der Waals surface area contributed by atoms with Crippen LogP contribution in [0.25, 0.3) is 0 Å². The summed E-state index contributed by atoms with van der Waals surface area (Å²) in [5, 5.41) is 3.68. The fourth-order valence-electron chi connectivity index (χ4n) is 3.45. The zero-order valence-electron chi connectivity index (χ0n) is 11.1. The molecule has 100 valence electrons. The first-order valence-electron chi connectivity index (χ1n) is 7.20. The Bertz CT molecular complexity index is 359. The summed E-state index contributed by atoms with van der Waals surface area (Å²) in [7, 11) is 0. The van der Waals surface area contributed by atoms with Gasteiger partial charge in [0.15, 0.2) is 0 Å². The molecular weight excluding hydrogens is 242 g/mol. The van der Waals surface area contributed by atoms with Crippen molar-refractivity contribution in [3.63, 3.8) is 0 Å². The molecule has 0 amide bonds. The molecule has 0 spiro atoms. The lowest BCUT2D eigenvalue weighted by Crippen LogP contribution is -2.44. The van der Waals surface area contributed by atoms with Crippen molar-refractivity contribution in [1.29, 1.82) is 0 Å². The Morgan fingerprint density at radius 2 is 2.39 bits per heavy atom. The van der Waals surface area contributed by atoms with E-state index in [1.54, 1.807) is 11.3 Å². The minimum absolute atomic E-state index is 0.543. The van der Waals surface area contributed by atoms with Crippen molar-refractivity contribution in [3.05, 3.63) is 16.6 Å². The van der Waals surface area contributed by atoms with Gasteiger partial charge in [0.25, 0.3) is 0 Å². The van der Waals surface area contributed by atoms with E-state index in [-0.39, 0.29) is 0 Å². The first-order valence-corrected chi connectivity index (χ1v) is 8.08. The van der Waals surface area contributed by atoms with Crippen molar-refractivity contribution in [2.45, 2.75) is 44.7 Å². The summed E-state index contributed by atoms with van der Waals surface area (Å²) in [5.41, 5.74) is 1.95. The van der Waals surface area contributed by atoms with Crippen LogP contribution in [-0.2, 0) is 0 Å². The van der Waals surface area contributed by atoms with E-state index in [4.69, 9.17) is 0 Å². The van der Waals surface area contributed by atoms with Crippen LogP contribution in [0, 0.1) is 5.92 Å². The topological polar surface area (TPSA) is 28.2 Å². The van der Waals surface area contributed by atoms with Gasteiger partial charge in [-0.2, -0.15) is 0 Å². The van der Waals surface area contributed by atoms with Crippen molar-refractivity contribution in [1.82, 2.24) is 15.2 Å². The van der Waals surface area contributed by atoms with Crippen LogP contribution >= 0.6 is 11.3 Å². The van der Waals surface area contributed by atoms with Crippen LogP contribution in [0.5, 0.6) is 0 Å². The molecule has 1 aromatic heterocycles. The molecule has 18 heavy (non-hydrogen) atoms. The van der Waals surface area contributed by atoms with E-state index in [9.17, 15) is 0 Å². The molecule has 2 fully saturated rings. The average molecular weight is 265 g/mol. The van der Waals surface area contributed by atoms with Crippen LogP contribution in [0.2, 0.25) is 0 Å². The Balaban J connectivity index is 1.62. The van der Waals surface area contributed by atoms with Crippen LogP contribution in [0.3, 0.4) is 0 Å². The minimum Gasteiger partial charge on any atom is -0.314 e. The normalized spacial score (nSPS) is 31.6. The Kier molecular flexibility index (Phi) is 3.97. The molecule has 0 aliphatic carbocycles. The molecule has 0 bridgehead atoms. The quantitative estimate of drug-likeness (QED) is 0.911. The van der Waals surface area contributed by atoms with Crippen molar-refractivity contribution in [3.8, 4) is 0 Å². The van der Waals surface area contributed by atoms with Crippen LogP contribution in [0.15, 0.2) is 11.7 Å². The van der Waals surface area contributed by atoms with E-state index in [1.807, 2.05) is 11.7 Å². The van der Waals surface area contributed by atoms with E-state index >= 15 is 0 Å². The molecular formula is C14H23N3S. The van der Waals surface area contributed by atoms with Gasteiger partial charge in [-0.05, 0) is 51.6 Å². The fraction of sp³-hybridized carbons (Fsp3) is 0.786. The summed E-state index contributed by atoms with van der Waals surface area (Å²) in [6.07, 6.45) is 7.54. The maximum Gasteiger partial charge on any atom is 0.0794 e. The van der Waals surface area contributed by atoms with Crippen molar-refractivity contribution in [2.24, 2.45) is 5.92 Å². The van der Waals surface area contributed by atoms with Gasteiger partial charge >= 0.3 is 0 Å². The summed E-state index contributed by atoms with van der Waals surface area (Å²) in [6.45, 7) is 6.07. The average Bonchev–Trinajstić information content (AvgIpc) is 3.11. The zero-order valence-corrected chi connectivity index (χ0v) is 12.0. The van der Waals surface area contributed by atoms with Gasteiger partial charge in [-0.15, -0.1) is 11.3 Å². The molecule has 4 heteroatoms. The smallest absolute Gasteiger partial charge is 0.0794 e. The van der Waals surface area contributed by atoms with Crippen molar-refractivity contribution in [2.75, 3.05) is 19.6 Å². The van der Waals surface area contributed by atoms with Gasteiger partial charge in [0, 0.05) is 29.7 Å². The SMILES string of the molecule is CC(c1cncs1)N1CCCC(C2CCCN2)C1. The molecule has 3 unspecified atom stereocenters. The first kappa shape index (κ1) is 12.6. The third-order valence-corrected chi connectivity index (χ3v) is 5.51. The number of hydrogen-bond acceptors (Lipinski definition) is 4. The molecule has 2 aliphatic heterocycles. The number of likely N-dealkylation sites (tertiary alicyclic amines) is 1. The van der Waals surface area contributed by atoms with Gasteiger partial charge in [0.2, 0.25) is 0 Å². The van der Waals surface area contributed by atoms with Gasteiger partial charge in [-0.1, -0.05) is 0 Å². The number of nitrogens with zero attached hydrogens (tertiary/aromatic N) is 2. The third-order valence-electron chi connectivity index (χ3n) is 4.57. The van der Waals surface area contributed by atoms with Gasteiger partial charge in [0.1, 0.15) is 0 Å². The van der Waals surface area contributed by atoms with Gasteiger partial charge in [-0.3, -0.25) is 9.88 Å². The summed E-state index contributed by atoms with van der Waals surface area (Å²) >= 11 is 1.79. The predicted octanol–water partition coefficient (Wildman–Crippen LogP) is 2.67. The van der Waals surface area contributed by atoms with Gasteiger partial charge < -0.3 is 5.32 Å². The molecule has 3 atom stereocenters. The van der Waals surface area contributed by atoms with Crippen molar-refractivity contribution < 1.29 is 0 Å². The number of hydrogen-bond donors (Lipinski definition) is 1. The monoisotopic (exact) mass is 265 g/mol. The molecule has 0 saturated carbocycles. The molecule has 3 heterocycles. The highest BCUT2D eigenvalue weighted by atomic mass is 32.1. The van der Waals surface area contributed by atoms with Crippen LogP contribution in [0.1, 0.15) is 43.5 Å². The minimum atomic E-state index is 0.543. The number of piperidine rings is 1.